The summed E-state index contributed by atoms with van der Waals surface area (Å²) < 4.78 is 1.15. The van der Waals surface area contributed by atoms with E-state index in [0.717, 1.165) is 24.0 Å². The third kappa shape index (κ3) is 2.83. The first kappa shape index (κ1) is 12.9. The van der Waals surface area contributed by atoms with Crippen LogP contribution in [-0.4, -0.2) is 24.7 Å². The first-order valence-electron chi connectivity index (χ1n) is 6.31. The Bertz CT molecular complexity index is 394. The van der Waals surface area contributed by atoms with Crippen molar-refractivity contribution in [2.24, 2.45) is 0 Å². The van der Waals surface area contributed by atoms with E-state index in [4.69, 9.17) is 0 Å². The maximum atomic E-state index is 3.66. The lowest BCUT2D eigenvalue weighted by Crippen LogP contribution is -2.62. The lowest BCUT2D eigenvalue weighted by atomic mass is 9.93. The van der Waals surface area contributed by atoms with E-state index in [1.54, 1.807) is 0 Å². The fourth-order valence-corrected chi connectivity index (χ4v) is 2.72. The quantitative estimate of drug-likeness (QED) is 0.900. The lowest BCUT2D eigenvalue weighted by molar-refractivity contribution is 0.285. The number of hydrogen-bond acceptors (Lipinski definition) is 2. The molecular weight excluding hydrogens is 276 g/mol. The molecule has 1 fully saturated rings. The molecule has 3 heteroatoms. The first-order valence-corrected chi connectivity index (χ1v) is 7.10. The molecule has 2 unspecified atom stereocenters. The maximum absolute atomic E-state index is 3.66. The molecule has 1 aliphatic rings. The second-order valence-corrected chi connectivity index (χ2v) is 6.17. The monoisotopic (exact) mass is 296 g/mol. The fraction of sp³-hybridized carbons (Fsp3) is 0.571. The molecule has 0 spiro atoms. The fourth-order valence-electron chi connectivity index (χ4n) is 2.33. The van der Waals surface area contributed by atoms with Gasteiger partial charge in [0.15, 0.2) is 0 Å². The molecule has 0 radical (unpaired) electrons. The summed E-state index contributed by atoms with van der Waals surface area (Å²) in [5.74, 6) is 0. The zero-order valence-corrected chi connectivity index (χ0v) is 12.4. The summed E-state index contributed by atoms with van der Waals surface area (Å²) >= 11 is 3.55. The van der Waals surface area contributed by atoms with E-state index < -0.39 is 0 Å². The van der Waals surface area contributed by atoms with Crippen LogP contribution >= 0.6 is 15.9 Å². The molecule has 0 bridgehead atoms. The third-order valence-corrected chi connectivity index (χ3v) is 4.29. The molecule has 2 atom stereocenters. The van der Waals surface area contributed by atoms with Gasteiger partial charge in [-0.2, -0.15) is 0 Å². The van der Waals surface area contributed by atoms with Crippen molar-refractivity contribution in [3.8, 4) is 0 Å². The van der Waals surface area contributed by atoms with Gasteiger partial charge in [-0.25, -0.2) is 0 Å². The van der Waals surface area contributed by atoms with E-state index in [0.29, 0.717) is 6.04 Å². The Morgan fingerprint density at radius 3 is 2.94 bits per heavy atom. The normalized spacial score (nSPS) is 29.4. The van der Waals surface area contributed by atoms with Crippen LogP contribution in [0.5, 0.6) is 0 Å². The number of nitrogens with one attached hydrogen (secondary N) is 1. The van der Waals surface area contributed by atoms with Gasteiger partial charge in [-0.05, 0) is 38.5 Å². The van der Waals surface area contributed by atoms with Crippen molar-refractivity contribution in [2.45, 2.75) is 38.8 Å². The molecule has 94 valence electrons. The van der Waals surface area contributed by atoms with Crippen LogP contribution in [0.3, 0.4) is 0 Å². The average molecular weight is 297 g/mol. The number of hydrogen-bond donors (Lipinski definition) is 1. The third-order valence-electron chi connectivity index (χ3n) is 3.80. The van der Waals surface area contributed by atoms with Crippen LogP contribution in [0, 0.1) is 0 Å². The zero-order chi connectivity index (χ0) is 12.5. The highest BCUT2D eigenvalue weighted by molar-refractivity contribution is 9.10. The van der Waals surface area contributed by atoms with E-state index in [-0.39, 0.29) is 5.54 Å². The van der Waals surface area contributed by atoms with Gasteiger partial charge in [-0.3, -0.25) is 0 Å². The molecule has 0 amide bonds. The Morgan fingerprint density at radius 1 is 1.53 bits per heavy atom. The van der Waals surface area contributed by atoms with Crippen LogP contribution in [0.25, 0.3) is 0 Å². The standard InChI is InChI=1S/C14H21BrN2/c1-4-14(3)10-17(11(2)9-16-14)13-7-5-6-12(15)8-13/h5-8,11,16H,4,9-10H2,1-3H3. The van der Waals surface area contributed by atoms with Gasteiger partial charge in [0.1, 0.15) is 0 Å². The number of halogens is 1. The number of nitrogens with zero attached hydrogens (tertiary/aromatic N) is 1. The smallest absolute Gasteiger partial charge is 0.0387 e. The zero-order valence-electron chi connectivity index (χ0n) is 10.8. The van der Waals surface area contributed by atoms with Gasteiger partial charge >= 0.3 is 0 Å². The van der Waals surface area contributed by atoms with Crippen molar-refractivity contribution in [1.82, 2.24) is 5.32 Å². The molecular formula is C14H21BrN2. The van der Waals surface area contributed by atoms with E-state index in [1.807, 2.05) is 0 Å². The van der Waals surface area contributed by atoms with Crippen molar-refractivity contribution in [2.75, 3.05) is 18.0 Å². The summed E-state index contributed by atoms with van der Waals surface area (Å²) in [5.41, 5.74) is 1.54. The van der Waals surface area contributed by atoms with Gasteiger partial charge in [-0.1, -0.05) is 28.9 Å². The molecule has 2 rings (SSSR count). The van der Waals surface area contributed by atoms with Crippen LogP contribution in [0.4, 0.5) is 5.69 Å². The Labute approximate surface area is 113 Å². The van der Waals surface area contributed by atoms with Gasteiger partial charge < -0.3 is 10.2 Å². The van der Waals surface area contributed by atoms with Crippen LogP contribution in [0.2, 0.25) is 0 Å². The first-order chi connectivity index (χ1) is 8.04. The van der Waals surface area contributed by atoms with Crippen molar-refractivity contribution < 1.29 is 0 Å². The Balaban J connectivity index is 2.24. The minimum Gasteiger partial charge on any atom is -0.366 e. The highest BCUT2D eigenvalue weighted by Crippen LogP contribution is 2.27. The number of rotatable bonds is 2. The van der Waals surface area contributed by atoms with Crippen molar-refractivity contribution in [1.29, 1.82) is 0 Å². The average Bonchev–Trinajstić information content (AvgIpc) is 2.33. The molecule has 0 aliphatic carbocycles. The van der Waals surface area contributed by atoms with Crippen LogP contribution in [0.1, 0.15) is 27.2 Å². The van der Waals surface area contributed by atoms with E-state index in [9.17, 15) is 0 Å². The van der Waals surface area contributed by atoms with Gasteiger partial charge in [0.2, 0.25) is 0 Å². The van der Waals surface area contributed by atoms with Gasteiger partial charge in [0, 0.05) is 34.8 Å². The summed E-state index contributed by atoms with van der Waals surface area (Å²) in [7, 11) is 0. The molecule has 1 N–H and O–H groups in total. The van der Waals surface area contributed by atoms with Crippen LogP contribution in [-0.2, 0) is 0 Å². The molecule has 1 saturated heterocycles. The SMILES string of the molecule is CCC1(C)CN(c2cccc(Br)c2)C(C)CN1. The molecule has 1 aromatic rings. The molecule has 1 aliphatic heterocycles. The predicted octanol–water partition coefficient (Wildman–Crippen LogP) is 3.42. The summed E-state index contributed by atoms with van der Waals surface area (Å²) in [6.45, 7) is 8.97. The van der Waals surface area contributed by atoms with Gasteiger partial charge in [-0.15, -0.1) is 0 Å². The van der Waals surface area contributed by atoms with E-state index >= 15 is 0 Å². The number of piperazine rings is 1. The lowest BCUT2D eigenvalue weighted by Gasteiger charge is -2.46. The van der Waals surface area contributed by atoms with Gasteiger partial charge in [0.05, 0.1) is 0 Å². The summed E-state index contributed by atoms with van der Waals surface area (Å²) in [5, 5.41) is 3.66. The van der Waals surface area contributed by atoms with Crippen molar-refractivity contribution >= 4 is 21.6 Å². The van der Waals surface area contributed by atoms with Gasteiger partial charge in [0.25, 0.3) is 0 Å². The second-order valence-electron chi connectivity index (χ2n) is 5.25. The second kappa shape index (κ2) is 4.99. The topological polar surface area (TPSA) is 15.3 Å². The van der Waals surface area contributed by atoms with Crippen LogP contribution < -0.4 is 10.2 Å². The maximum Gasteiger partial charge on any atom is 0.0387 e. The highest BCUT2D eigenvalue weighted by Gasteiger charge is 2.32. The summed E-state index contributed by atoms with van der Waals surface area (Å²) in [4.78, 5) is 2.50. The van der Waals surface area contributed by atoms with E-state index in [2.05, 4.69) is 71.2 Å². The molecule has 17 heavy (non-hydrogen) atoms. The van der Waals surface area contributed by atoms with E-state index in [1.165, 1.54) is 5.69 Å². The molecule has 0 aromatic heterocycles. The Morgan fingerprint density at radius 2 is 2.29 bits per heavy atom. The molecule has 0 saturated carbocycles. The molecule has 1 heterocycles. The molecule has 2 nitrogen and oxygen atoms in total. The minimum absolute atomic E-state index is 0.231. The number of benzene rings is 1. The summed E-state index contributed by atoms with van der Waals surface area (Å²) in [6.07, 6.45) is 1.16. The largest absolute Gasteiger partial charge is 0.366 e. The number of anilines is 1. The van der Waals surface area contributed by atoms with Crippen molar-refractivity contribution in [3.05, 3.63) is 28.7 Å². The summed E-state index contributed by atoms with van der Waals surface area (Å²) in [6, 6.07) is 9.14. The van der Waals surface area contributed by atoms with Crippen LogP contribution in [0.15, 0.2) is 28.7 Å². The molecule has 1 aromatic carbocycles. The highest BCUT2D eigenvalue weighted by atomic mass is 79.9. The Hall–Kier alpha value is -0.540. The Kier molecular flexibility index (Phi) is 3.79. The minimum atomic E-state index is 0.231. The predicted molar refractivity (Wildman–Crippen MR) is 77.6 cm³/mol. The van der Waals surface area contributed by atoms with Crippen molar-refractivity contribution in [3.63, 3.8) is 0 Å².